The summed E-state index contributed by atoms with van der Waals surface area (Å²) in [5, 5.41) is 9.95. The van der Waals surface area contributed by atoms with E-state index in [4.69, 9.17) is 15.2 Å². The van der Waals surface area contributed by atoms with Crippen molar-refractivity contribution in [2.75, 3.05) is 32.8 Å². The summed E-state index contributed by atoms with van der Waals surface area (Å²) in [5.41, 5.74) is 3.09. The quantitative estimate of drug-likeness (QED) is 0.234. The predicted octanol–water partition coefficient (Wildman–Crippen LogP) is 4.38. The Balaban J connectivity index is 1.91. The van der Waals surface area contributed by atoms with Gasteiger partial charge in [-0.1, -0.05) is 30.3 Å². The standard InChI is InChI=1S/C24H27F6N3O3/c25-23(26,27)18-11-16(12-19(13-18)24(28,29)30)15-36-22-21(17-5-2-1-3-6-17)33(9-10-35-22)20(14-34)32-8-4-7-31/h1-3,5-6,11-13,21-22,34H,4,7-10,14-15,31H2. The maximum absolute atomic E-state index is 13.2. The normalized spacial score (nSPS) is 19.6. The highest BCUT2D eigenvalue weighted by Gasteiger charge is 2.38. The van der Waals surface area contributed by atoms with Gasteiger partial charge in [0.2, 0.25) is 0 Å². The fourth-order valence-corrected chi connectivity index (χ4v) is 3.87. The average Bonchev–Trinajstić information content (AvgIpc) is 2.84. The minimum atomic E-state index is -4.96. The van der Waals surface area contributed by atoms with Crippen molar-refractivity contribution in [3.05, 3.63) is 70.8 Å². The molecule has 2 atom stereocenters. The van der Waals surface area contributed by atoms with Crippen molar-refractivity contribution in [2.24, 2.45) is 10.7 Å². The zero-order valence-corrected chi connectivity index (χ0v) is 19.2. The van der Waals surface area contributed by atoms with Crippen molar-refractivity contribution >= 4 is 5.84 Å². The van der Waals surface area contributed by atoms with Crippen LogP contribution in [0.25, 0.3) is 0 Å². The summed E-state index contributed by atoms with van der Waals surface area (Å²) in [5.74, 6) is 0.354. The van der Waals surface area contributed by atoms with Crippen LogP contribution in [0.3, 0.4) is 0 Å². The minimum absolute atomic E-state index is 0.0699. The molecule has 1 fully saturated rings. The van der Waals surface area contributed by atoms with Crippen molar-refractivity contribution in [3.63, 3.8) is 0 Å². The lowest BCUT2D eigenvalue weighted by Crippen LogP contribution is -2.50. The number of rotatable bonds is 8. The second kappa shape index (κ2) is 12.0. The zero-order chi connectivity index (χ0) is 26.3. The van der Waals surface area contributed by atoms with Gasteiger partial charge in [0.25, 0.3) is 0 Å². The van der Waals surface area contributed by atoms with E-state index in [2.05, 4.69) is 4.99 Å². The van der Waals surface area contributed by atoms with E-state index in [1.807, 2.05) is 0 Å². The molecule has 1 aliphatic rings. The van der Waals surface area contributed by atoms with Gasteiger partial charge in [-0.05, 0) is 42.3 Å². The van der Waals surface area contributed by atoms with Crippen molar-refractivity contribution < 1.29 is 40.9 Å². The number of alkyl halides is 6. The topological polar surface area (TPSA) is 80.3 Å². The number of hydrogen-bond acceptors (Lipinski definition) is 5. The molecule has 36 heavy (non-hydrogen) atoms. The van der Waals surface area contributed by atoms with Gasteiger partial charge in [-0.15, -0.1) is 0 Å². The number of morpholine rings is 1. The summed E-state index contributed by atoms with van der Waals surface area (Å²) in [6.45, 7) is 0.317. The molecule has 0 spiro atoms. The van der Waals surface area contributed by atoms with Crippen LogP contribution in [-0.2, 0) is 28.4 Å². The number of benzene rings is 2. The maximum atomic E-state index is 13.2. The van der Waals surface area contributed by atoms with E-state index in [9.17, 15) is 31.4 Å². The maximum Gasteiger partial charge on any atom is 0.416 e. The second-order valence-electron chi connectivity index (χ2n) is 8.11. The fourth-order valence-electron chi connectivity index (χ4n) is 3.87. The Morgan fingerprint density at radius 2 is 1.69 bits per heavy atom. The Morgan fingerprint density at radius 1 is 1.06 bits per heavy atom. The molecule has 0 bridgehead atoms. The lowest BCUT2D eigenvalue weighted by molar-refractivity contribution is -0.205. The van der Waals surface area contributed by atoms with Crippen LogP contribution >= 0.6 is 0 Å². The zero-order valence-electron chi connectivity index (χ0n) is 19.2. The smallest absolute Gasteiger partial charge is 0.388 e. The fraction of sp³-hybridized carbons (Fsp3) is 0.458. The Bertz CT molecular complexity index is 982. The van der Waals surface area contributed by atoms with E-state index in [1.54, 1.807) is 35.2 Å². The molecular weight excluding hydrogens is 492 g/mol. The third-order valence-electron chi connectivity index (χ3n) is 5.54. The molecule has 2 aromatic carbocycles. The second-order valence-corrected chi connectivity index (χ2v) is 8.11. The number of nitrogens with zero attached hydrogens (tertiary/aromatic N) is 2. The third kappa shape index (κ3) is 7.19. The monoisotopic (exact) mass is 519 g/mol. The molecule has 0 aliphatic carbocycles. The van der Waals surface area contributed by atoms with E-state index in [1.165, 1.54) is 0 Å². The first kappa shape index (κ1) is 27.9. The van der Waals surface area contributed by atoms with Crippen LogP contribution in [0.15, 0.2) is 53.5 Å². The molecule has 0 saturated carbocycles. The Labute approximate surface area is 204 Å². The van der Waals surface area contributed by atoms with Crippen molar-refractivity contribution in [2.45, 2.75) is 37.7 Å². The number of ether oxygens (including phenoxy) is 2. The van der Waals surface area contributed by atoms with Gasteiger partial charge in [0.05, 0.1) is 24.3 Å². The molecule has 1 heterocycles. The van der Waals surface area contributed by atoms with Gasteiger partial charge in [-0.3, -0.25) is 4.99 Å². The van der Waals surface area contributed by atoms with Crippen LogP contribution in [-0.4, -0.2) is 55.0 Å². The molecule has 1 saturated heterocycles. The third-order valence-corrected chi connectivity index (χ3v) is 5.54. The molecule has 198 valence electrons. The van der Waals surface area contributed by atoms with Crippen LogP contribution in [0, 0.1) is 0 Å². The van der Waals surface area contributed by atoms with E-state index in [0.29, 0.717) is 49.6 Å². The summed E-state index contributed by atoms with van der Waals surface area (Å²) in [6.07, 6.45) is -10.4. The minimum Gasteiger partial charge on any atom is -0.388 e. The van der Waals surface area contributed by atoms with Crippen LogP contribution < -0.4 is 5.73 Å². The van der Waals surface area contributed by atoms with Crippen LogP contribution in [0.4, 0.5) is 26.3 Å². The first-order valence-corrected chi connectivity index (χ1v) is 11.2. The van der Waals surface area contributed by atoms with Gasteiger partial charge >= 0.3 is 12.4 Å². The summed E-state index contributed by atoms with van der Waals surface area (Å²) in [7, 11) is 0. The van der Waals surface area contributed by atoms with Gasteiger partial charge in [-0.25, -0.2) is 0 Å². The Morgan fingerprint density at radius 3 is 2.25 bits per heavy atom. The van der Waals surface area contributed by atoms with Gasteiger partial charge < -0.3 is 25.2 Å². The molecule has 0 amide bonds. The Kier molecular flexibility index (Phi) is 9.34. The molecule has 12 heteroatoms. The Hall–Kier alpha value is -2.67. The van der Waals surface area contributed by atoms with Gasteiger partial charge in [-0.2, -0.15) is 26.3 Å². The van der Waals surface area contributed by atoms with E-state index < -0.39 is 42.4 Å². The first-order chi connectivity index (χ1) is 17.0. The highest BCUT2D eigenvalue weighted by atomic mass is 19.4. The molecule has 1 aliphatic heterocycles. The first-order valence-electron chi connectivity index (χ1n) is 11.2. The number of hydrogen-bond donors (Lipinski definition) is 2. The van der Waals surface area contributed by atoms with E-state index in [0.717, 1.165) is 0 Å². The van der Waals surface area contributed by atoms with Crippen molar-refractivity contribution in [1.29, 1.82) is 0 Å². The lowest BCUT2D eigenvalue weighted by Gasteiger charge is -2.42. The lowest BCUT2D eigenvalue weighted by atomic mass is 10.0. The molecule has 0 radical (unpaired) electrons. The van der Waals surface area contributed by atoms with Crippen LogP contribution in [0.1, 0.15) is 34.7 Å². The van der Waals surface area contributed by atoms with Crippen LogP contribution in [0.2, 0.25) is 0 Å². The molecule has 3 N–H and O–H groups in total. The molecule has 6 nitrogen and oxygen atoms in total. The number of aliphatic hydroxyl groups is 1. The van der Waals surface area contributed by atoms with Crippen molar-refractivity contribution in [3.8, 4) is 0 Å². The average molecular weight is 519 g/mol. The SMILES string of the molecule is NCCCN=C(CO)N1CCOC(OCc2cc(C(F)(F)F)cc(C(F)(F)F)c2)C1c1ccccc1. The van der Waals surface area contributed by atoms with Gasteiger partial charge in [0.1, 0.15) is 18.5 Å². The van der Waals surface area contributed by atoms with Gasteiger partial charge in [0, 0.05) is 13.1 Å². The van der Waals surface area contributed by atoms with E-state index in [-0.39, 0.29) is 24.8 Å². The molecule has 2 aromatic rings. The van der Waals surface area contributed by atoms with Crippen LogP contribution in [0.5, 0.6) is 0 Å². The summed E-state index contributed by atoms with van der Waals surface area (Å²) in [6, 6.07) is 9.56. The summed E-state index contributed by atoms with van der Waals surface area (Å²) >= 11 is 0. The number of amidine groups is 1. The predicted molar refractivity (Wildman–Crippen MR) is 120 cm³/mol. The number of aliphatic imine (C=N–C) groups is 1. The molecule has 2 unspecified atom stereocenters. The highest BCUT2D eigenvalue weighted by molar-refractivity contribution is 5.84. The largest absolute Gasteiger partial charge is 0.416 e. The van der Waals surface area contributed by atoms with Gasteiger partial charge in [0.15, 0.2) is 6.29 Å². The van der Waals surface area contributed by atoms with E-state index >= 15 is 0 Å². The molecule has 0 aromatic heterocycles. The highest BCUT2D eigenvalue weighted by Crippen LogP contribution is 2.37. The molecular formula is C24H27F6N3O3. The summed E-state index contributed by atoms with van der Waals surface area (Å²) in [4.78, 5) is 6.18. The molecule has 3 rings (SSSR count). The number of nitrogens with two attached hydrogens (primary N) is 1. The van der Waals surface area contributed by atoms with Crippen molar-refractivity contribution in [1.82, 2.24) is 4.90 Å². The summed E-state index contributed by atoms with van der Waals surface area (Å²) < 4.78 is 90.9. The number of halogens is 6. The number of aliphatic hydroxyl groups excluding tert-OH is 1.